The fraction of sp³-hybridized carbons (Fsp3) is 0.448. The van der Waals surface area contributed by atoms with Gasteiger partial charge in [-0.2, -0.15) is 9.46 Å². The molecule has 2 aliphatic heterocycles. The number of carbonyl (C=O) groups is 1. The third kappa shape index (κ3) is 5.71. The number of nitrogens with one attached hydrogen (secondary N) is 1. The maximum atomic E-state index is 13.6. The number of anilines is 1. The van der Waals surface area contributed by atoms with Crippen molar-refractivity contribution < 1.29 is 13.7 Å². The van der Waals surface area contributed by atoms with E-state index in [2.05, 4.69) is 27.2 Å². The molecular formula is C29H36N8O3S. The third-order valence-electron chi connectivity index (χ3n) is 7.76. The van der Waals surface area contributed by atoms with Crippen LogP contribution in [0.2, 0.25) is 0 Å². The van der Waals surface area contributed by atoms with Crippen LogP contribution in [0, 0.1) is 12.8 Å². The normalized spacial score (nSPS) is 19.8. The highest BCUT2D eigenvalue weighted by Crippen LogP contribution is 2.31. The Bertz CT molecular complexity index is 1740. The molecule has 6 rings (SSSR count). The molecule has 1 saturated heterocycles. The van der Waals surface area contributed by atoms with Crippen LogP contribution in [0.15, 0.2) is 40.9 Å². The Morgan fingerprint density at radius 3 is 2.73 bits per heavy atom. The first-order chi connectivity index (χ1) is 19.7. The molecule has 0 saturated carbocycles. The summed E-state index contributed by atoms with van der Waals surface area (Å²) in [5, 5.41) is 7.43. The lowest BCUT2D eigenvalue weighted by atomic mass is 10.1. The molecule has 1 amide bonds. The number of pyridine rings is 1. The van der Waals surface area contributed by atoms with Crippen molar-refractivity contribution in [2.24, 2.45) is 17.3 Å². The maximum Gasteiger partial charge on any atom is 0.258 e. The molecule has 0 aliphatic carbocycles. The van der Waals surface area contributed by atoms with E-state index in [9.17, 15) is 9.00 Å². The molecule has 216 valence electrons. The molecule has 41 heavy (non-hydrogen) atoms. The SMILES string of the molecule is Cc1cc2cc(n1)-c1cnn(C)c1OCCCC(C)Cn1c(nc3ccc(N=S4(=O)CCN(C)CC4)cc31)NC2=O. The number of rotatable bonds is 1. The zero-order valence-corrected chi connectivity index (χ0v) is 24.8. The van der Waals surface area contributed by atoms with Crippen LogP contribution in [0.4, 0.5) is 11.6 Å². The lowest BCUT2D eigenvalue weighted by Gasteiger charge is -2.24. The second kappa shape index (κ2) is 10.9. The van der Waals surface area contributed by atoms with E-state index >= 15 is 0 Å². The number of imidazole rings is 1. The molecule has 3 aromatic heterocycles. The Morgan fingerprint density at radius 2 is 1.93 bits per heavy atom. The number of hydrogen-bond acceptors (Lipinski definition) is 8. The van der Waals surface area contributed by atoms with Crippen molar-refractivity contribution in [3.05, 3.63) is 47.8 Å². The van der Waals surface area contributed by atoms with Gasteiger partial charge in [-0.05, 0) is 63.1 Å². The molecule has 1 fully saturated rings. The summed E-state index contributed by atoms with van der Waals surface area (Å²) in [6, 6.07) is 9.24. The van der Waals surface area contributed by atoms with E-state index in [-0.39, 0.29) is 11.8 Å². The smallest absolute Gasteiger partial charge is 0.258 e. The van der Waals surface area contributed by atoms with Crippen molar-refractivity contribution in [2.45, 2.75) is 33.2 Å². The summed E-state index contributed by atoms with van der Waals surface area (Å²) in [7, 11) is 1.57. The summed E-state index contributed by atoms with van der Waals surface area (Å²) in [5.41, 5.74) is 4.85. The molecule has 2 bridgehead atoms. The second-order valence-electron chi connectivity index (χ2n) is 11.2. The van der Waals surface area contributed by atoms with Crippen LogP contribution in [0.25, 0.3) is 22.3 Å². The number of fused-ring (bicyclic) bond motifs is 7. The van der Waals surface area contributed by atoms with Gasteiger partial charge >= 0.3 is 0 Å². The molecule has 5 heterocycles. The Balaban J connectivity index is 1.41. The number of carbonyl (C=O) groups excluding carboxylic acids is 1. The molecule has 1 N–H and O–H groups in total. The maximum absolute atomic E-state index is 13.6. The van der Waals surface area contributed by atoms with E-state index in [1.165, 1.54) is 0 Å². The topological polar surface area (TPSA) is 120 Å². The van der Waals surface area contributed by atoms with Gasteiger partial charge in [-0.25, -0.2) is 13.9 Å². The van der Waals surface area contributed by atoms with Crippen LogP contribution >= 0.6 is 0 Å². The quantitative estimate of drug-likeness (QED) is 0.360. The van der Waals surface area contributed by atoms with Crippen molar-refractivity contribution in [1.29, 1.82) is 0 Å². The van der Waals surface area contributed by atoms with E-state index in [1.807, 2.05) is 43.8 Å². The number of amides is 1. The number of benzene rings is 1. The van der Waals surface area contributed by atoms with E-state index < -0.39 is 9.73 Å². The highest BCUT2D eigenvalue weighted by atomic mass is 32.2. The number of aromatic nitrogens is 5. The molecule has 0 spiro atoms. The largest absolute Gasteiger partial charge is 0.477 e. The van der Waals surface area contributed by atoms with Gasteiger partial charge in [0, 0.05) is 49.4 Å². The summed E-state index contributed by atoms with van der Waals surface area (Å²) >= 11 is 0. The summed E-state index contributed by atoms with van der Waals surface area (Å²) in [6.45, 7) is 6.78. The van der Waals surface area contributed by atoms with Crippen LogP contribution in [0.3, 0.4) is 0 Å². The highest BCUT2D eigenvalue weighted by molar-refractivity contribution is 7.93. The Labute approximate surface area is 240 Å². The molecule has 0 radical (unpaired) electrons. The minimum atomic E-state index is -2.31. The summed E-state index contributed by atoms with van der Waals surface area (Å²) in [5.74, 6) is 2.24. The minimum Gasteiger partial charge on any atom is -0.477 e. The van der Waals surface area contributed by atoms with Gasteiger partial charge < -0.3 is 14.2 Å². The van der Waals surface area contributed by atoms with Crippen molar-refractivity contribution in [3.8, 4) is 17.1 Å². The molecule has 11 nitrogen and oxygen atoms in total. The van der Waals surface area contributed by atoms with Gasteiger partial charge in [0.2, 0.25) is 11.8 Å². The lowest BCUT2D eigenvalue weighted by Crippen LogP contribution is -2.37. The molecule has 12 heteroatoms. The summed E-state index contributed by atoms with van der Waals surface area (Å²) < 4.78 is 28.1. The van der Waals surface area contributed by atoms with Gasteiger partial charge in [0.25, 0.3) is 5.91 Å². The van der Waals surface area contributed by atoms with Crippen LogP contribution in [0.1, 0.15) is 35.8 Å². The van der Waals surface area contributed by atoms with Crippen molar-refractivity contribution >= 4 is 38.3 Å². The van der Waals surface area contributed by atoms with Gasteiger partial charge in [-0.1, -0.05) is 6.92 Å². The number of aryl methyl sites for hydroxylation is 2. The average molecular weight is 577 g/mol. The third-order valence-corrected chi connectivity index (χ3v) is 9.95. The van der Waals surface area contributed by atoms with Gasteiger partial charge in [0.05, 0.1) is 50.5 Å². The predicted octanol–water partition coefficient (Wildman–Crippen LogP) is 4.25. The van der Waals surface area contributed by atoms with E-state index in [0.29, 0.717) is 59.1 Å². The van der Waals surface area contributed by atoms with Gasteiger partial charge in [0.1, 0.15) is 0 Å². The van der Waals surface area contributed by atoms with Crippen LogP contribution in [0.5, 0.6) is 5.88 Å². The fourth-order valence-electron chi connectivity index (χ4n) is 5.43. The van der Waals surface area contributed by atoms with Gasteiger partial charge in [-0.3, -0.25) is 15.1 Å². The Morgan fingerprint density at radius 1 is 1.12 bits per heavy atom. The zero-order chi connectivity index (χ0) is 28.7. The molecule has 2 aliphatic rings. The van der Waals surface area contributed by atoms with Crippen LogP contribution in [-0.2, 0) is 23.3 Å². The standard InChI is InChI=1S/C29H36N8O3S/c1-19-6-5-11-40-28-23(17-30-36(28)4)25-15-21(14-20(2)31-25)27(38)33-29-32-24-8-7-22(16-26(24)37(29)18-19)34-41(39)12-9-35(3)10-13-41/h7-8,14-17,19H,5-6,9-13,18H2,1-4H3,(H,32,33,38). The second-order valence-corrected chi connectivity index (χ2v) is 13.8. The highest BCUT2D eigenvalue weighted by Gasteiger charge is 2.22. The van der Waals surface area contributed by atoms with Crippen molar-refractivity contribution in [2.75, 3.05) is 43.6 Å². The first-order valence-corrected chi connectivity index (χ1v) is 15.9. The van der Waals surface area contributed by atoms with Crippen molar-refractivity contribution in [1.82, 2.24) is 29.2 Å². The number of ether oxygens (including phenoxy) is 1. The molecule has 1 aromatic carbocycles. The predicted molar refractivity (Wildman–Crippen MR) is 160 cm³/mol. The fourth-order valence-corrected chi connectivity index (χ4v) is 7.51. The first-order valence-electron chi connectivity index (χ1n) is 14.0. The van der Waals surface area contributed by atoms with E-state index in [1.54, 1.807) is 23.0 Å². The summed E-state index contributed by atoms with van der Waals surface area (Å²) in [4.78, 5) is 25.3. The Hall–Kier alpha value is -3.77. The molecule has 1 unspecified atom stereocenters. The number of hydrogen-bond donors (Lipinski definition) is 1. The average Bonchev–Trinajstić information content (AvgIpc) is 3.47. The molecular weight excluding hydrogens is 540 g/mol. The van der Waals surface area contributed by atoms with E-state index in [0.717, 1.165) is 42.5 Å². The molecule has 4 aromatic rings. The minimum absolute atomic E-state index is 0.276. The number of nitrogens with zero attached hydrogens (tertiary/aromatic N) is 7. The first kappa shape index (κ1) is 27.4. The lowest BCUT2D eigenvalue weighted by molar-refractivity contribution is 0.102. The monoisotopic (exact) mass is 576 g/mol. The zero-order valence-electron chi connectivity index (χ0n) is 24.0. The van der Waals surface area contributed by atoms with Gasteiger partial charge in [0.15, 0.2) is 0 Å². The van der Waals surface area contributed by atoms with Crippen molar-refractivity contribution in [3.63, 3.8) is 0 Å². The summed E-state index contributed by atoms with van der Waals surface area (Å²) in [6.07, 6.45) is 3.49. The van der Waals surface area contributed by atoms with E-state index in [4.69, 9.17) is 14.1 Å². The van der Waals surface area contributed by atoms with Crippen LogP contribution in [-0.4, -0.2) is 77.6 Å². The van der Waals surface area contributed by atoms with Gasteiger partial charge in [-0.15, -0.1) is 0 Å². The molecule has 1 atom stereocenters. The Kier molecular flexibility index (Phi) is 7.28. The van der Waals surface area contributed by atoms with Crippen LogP contribution < -0.4 is 10.1 Å².